The number of aliphatic hydroxyl groups is 1. The molecule has 0 aliphatic heterocycles. The maximum absolute atomic E-state index is 10.2. The van der Waals surface area contributed by atoms with E-state index in [1.54, 1.807) is 6.08 Å². The van der Waals surface area contributed by atoms with Gasteiger partial charge < -0.3 is 9.53 Å². The Hall–Kier alpha value is -2.72. The van der Waals surface area contributed by atoms with Crippen molar-refractivity contribution in [2.75, 3.05) is 0 Å². The fourth-order valence-corrected chi connectivity index (χ4v) is 9.41. The smallest absolute Gasteiger partial charge is 0.261 e. The van der Waals surface area contributed by atoms with E-state index in [-0.39, 0.29) is 11.1 Å². The first-order valence-electron chi connectivity index (χ1n) is 12.6. The van der Waals surface area contributed by atoms with Crippen LogP contribution in [0.4, 0.5) is 0 Å². The SMILES string of the molecule is C=CC[C@H](O)C/C=C\C(CCc1ccccc1)O[Si](c1ccccc1)(c1ccccc1)C(C)(C)C. The van der Waals surface area contributed by atoms with Gasteiger partial charge in [0.25, 0.3) is 8.32 Å². The van der Waals surface area contributed by atoms with Gasteiger partial charge in [0.2, 0.25) is 0 Å². The molecule has 0 bridgehead atoms. The van der Waals surface area contributed by atoms with Crippen LogP contribution in [0.25, 0.3) is 0 Å². The van der Waals surface area contributed by atoms with Crippen LogP contribution in [-0.4, -0.2) is 25.6 Å². The van der Waals surface area contributed by atoms with E-state index in [1.165, 1.54) is 15.9 Å². The Labute approximate surface area is 213 Å². The molecule has 0 heterocycles. The molecular weight excluding hydrogens is 444 g/mol. The largest absolute Gasteiger partial charge is 0.401 e. The summed E-state index contributed by atoms with van der Waals surface area (Å²) < 4.78 is 7.39. The van der Waals surface area contributed by atoms with E-state index in [1.807, 2.05) is 0 Å². The number of aryl methyl sites for hydroxylation is 1. The molecule has 3 heteroatoms. The Morgan fingerprint density at radius 3 is 1.83 bits per heavy atom. The second-order valence-corrected chi connectivity index (χ2v) is 14.4. The molecule has 3 aromatic carbocycles. The summed E-state index contributed by atoms with van der Waals surface area (Å²) in [6, 6.07) is 32.2. The van der Waals surface area contributed by atoms with E-state index >= 15 is 0 Å². The number of hydrogen-bond donors (Lipinski definition) is 1. The van der Waals surface area contributed by atoms with Crippen LogP contribution < -0.4 is 10.4 Å². The summed E-state index contributed by atoms with van der Waals surface area (Å²) in [6.07, 6.45) is 8.54. The van der Waals surface area contributed by atoms with Crippen molar-refractivity contribution in [3.8, 4) is 0 Å². The molecule has 0 aliphatic rings. The van der Waals surface area contributed by atoms with Crippen molar-refractivity contribution in [2.24, 2.45) is 0 Å². The van der Waals surface area contributed by atoms with Gasteiger partial charge in [-0.15, -0.1) is 6.58 Å². The standard InChI is InChI=1S/C32H40O2Si/c1-5-16-28(33)19-15-20-29(26-25-27-17-9-6-10-18-27)34-35(32(2,3)4,30-21-11-7-12-22-30)31-23-13-8-14-24-31/h5-15,17-18,20-24,28-29,33H,1,16,19,25-26H2,2-4H3/b20-15-/t28-,29?/m0/s1. The van der Waals surface area contributed by atoms with E-state index in [0.717, 1.165) is 12.8 Å². The van der Waals surface area contributed by atoms with Gasteiger partial charge in [-0.3, -0.25) is 0 Å². The number of hydrogen-bond acceptors (Lipinski definition) is 2. The quantitative estimate of drug-likeness (QED) is 0.236. The Balaban J connectivity index is 2.02. The molecule has 0 amide bonds. The molecular formula is C32H40O2Si. The predicted molar refractivity (Wildman–Crippen MR) is 152 cm³/mol. The minimum absolute atomic E-state index is 0.0718. The molecule has 2 nitrogen and oxygen atoms in total. The summed E-state index contributed by atoms with van der Waals surface area (Å²) in [7, 11) is -2.67. The van der Waals surface area contributed by atoms with E-state index in [2.05, 4.69) is 130 Å². The lowest BCUT2D eigenvalue weighted by molar-refractivity contribution is 0.180. The molecule has 0 radical (unpaired) electrons. The van der Waals surface area contributed by atoms with Gasteiger partial charge in [0, 0.05) is 0 Å². The van der Waals surface area contributed by atoms with E-state index in [9.17, 15) is 5.11 Å². The van der Waals surface area contributed by atoms with Gasteiger partial charge in [0.1, 0.15) is 0 Å². The second kappa shape index (κ2) is 12.8. The zero-order chi connectivity index (χ0) is 25.2. The highest BCUT2D eigenvalue weighted by Crippen LogP contribution is 2.38. The molecule has 3 rings (SSSR count). The third kappa shape index (κ3) is 7.14. The highest BCUT2D eigenvalue weighted by atomic mass is 28.4. The fourth-order valence-electron chi connectivity index (χ4n) is 4.74. The Morgan fingerprint density at radius 1 is 0.829 bits per heavy atom. The summed E-state index contributed by atoms with van der Waals surface area (Å²) >= 11 is 0. The molecule has 0 aliphatic carbocycles. The van der Waals surface area contributed by atoms with Crippen LogP contribution in [0.5, 0.6) is 0 Å². The van der Waals surface area contributed by atoms with Crippen LogP contribution >= 0.6 is 0 Å². The molecule has 184 valence electrons. The summed E-state index contributed by atoms with van der Waals surface area (Å²) in [5, 5.41) is 12.7. The average Bonchev–Trinajstić information content (AvgIpc) is 2.86. The summed E-state index contributed by atoms with van der Waals surface area (Å²) in [5.41, 5.74) is 1.31. The molecule has 35 heavy (non-hydrogen) atoms. The molecule has 1 N–H and O–H groups in total. The second-order valence-electron chi connectivity index (χ2n) is 10.2. The maximum Gasteiger partial charge on any atom is 0.261 e. The molecule has 3 aromatic rings. The van der Waals surface area contributed by atoms with Crippen molar-refractivity contribution in [1.29, 1.82) is 0 Å². The van der Waals surface area contributed by atoms with Crippen LogP contribution in [-0.2, 0) is 10.8 Å². The van der Waals surface area contributed by atoms with Crippen molar-refractivity contribution >= 4 is 18.7 Å². The van der Waals surface area contributed by atoms with Crippen LogP contribution in [0.3, 0.4) is 0 Å². The van der Waals surface area contributed by atoms with Gasteiger partial charge in [0.15, 0.2) is 0 Å². The van der Waals surface area contributed by atoms with Crippen molar-refractivity contribution in [3.05, 3.63) is 121 Å². The highest BCUT2D eigenvalue weighted by Gasteiger charge is 2.51. The predicted octanol–water partition coefficient (Wildman–Crippen LogP) is 6.45. The first kappa shape index (κ1) is 26.9. The Bertz CT molecular complexity index is 1000. The Morgan fingerprint density at radius 2 is 1.34 bits per heavy atom. The minimum Gasteiger partial charge on any atom is -0.401 e. The van der Waals surface area contributed by atoms with Crippen molar-refractivity contribution in [2.45, 2.75) is 63.7 Å². The van der Waals surface area contributed by atoms with Crippen LogP contribution in [0.2, 0.25) is 5.04 Å². The fraction of sp³-hybridized carbons (Fsp3) is 0.312. The zero-order valence-electron chi connectivity index (χ0n) is 21.4. The number of benzene rings is 3. The molecule has 0 aromatic heterocycles. The first-order chi connectivity index (χ1) is 16.9. The Kier molecular flexibility index (Phi) is 9.85. The third-order valence-electron chi connectivity index (χ3n) is 6.50. The summed E-state index contributed by atoms with van der Waals surface area (Å²) in [5.74, 6) is 0. The van der Waals surface area contributed by atoms with Gasteiger partial charge in [-0.2, -0.15) is 0 Å². The summed E-state index contributed by atoms with van der Waals surface area (Å²) in [6.45, 7) is 10.7. The van der Waals surface area contributed by atoms with E-state index in [0.29, 0.717) is 12.8 Å². The van der Waals surface area contributed by atoms with E-state index in [4.69, 9.17) is 4.43 Å². The zero-order valence-corrected chi connectivity index (χ0v) is 22.4. The lowest BCUT2D eigenvalue weighted by atomic mass is 10.1. The normalized spacial score (nSPS) is 14.1. The van der Waals surface area contributed by atoms with Crippen molar-refractivity contribution < 1.29 is 9.53 Å². The summed E-state index contributed by atoms with van der Waals surface area (Å²) in [4.78, 5) is 0. The molecule has 0 saturated carbocycles. The highest BCUT2D eigenvalue weighted by molar-refractivity contribution is 6.99. The van der Waals surface area contributed by atoms with Crippen molar-refractivity contribution in [3.63, 3.8) is 0 Å². The molecule has 2 atom stereocenters. The monoisotopic (exact) mass is 484 g/mol. The van der Waals surface area contributed by atoms with Crippen LogP contribution in [0.15, 0.2) is 116 Å². The van der Waals surface area contributed by atoms with E-state index < -0.39 is 14.4 Å². The van der Waals surface area contributed by atoms with Gasteiger partial charge in [-0.25, -0.2) is 0 Å². The number of rotatable bonds is 12. The van der Waals surface area contributed by atoms with Crippen LogP contribution in [0.1, 0.15) is 45.6 Å². The average molecular weight is 485 g/mol. The maximum atomic E-state index is 10.2. The lowest BCUT2D eigenvalue weighted by Crippen LogP contribution is -2.67. The molecule has 1 unspecified atom stereocenters. The first-order valence-corrected chi connectivity index (χ1v) is 14.6. The minimum atomic E-state index is -2.67. The van der Waals surface area contributed by atoms with Crippen molar-refractivity contribution in [1.82, 2.24) is 0 Å². The van der Waals surface area contributed by atoms with Gasteiger partial charge in [-0.1, -0.05) is 130 Å². The van der Waals surface area contributed by atoms with Gasteiger partial charge in [-0.05, 0) is 46.7 Å². The van der Waals surface area contributed by atoms with Crippen LogP contribution in [0, 0.1) is 0 Å². The van der Waals surface area contributed by atoms with Gasteiger partial charge in [0.05, 0.1) is 12.2 Å². The molecule has 0 fully saturated rings. The van der Waals surface area contributed by atoms with Gasteiger partial charge >= 0.3 is 0 Å². The molecule has 0 saturated heterocycles. The lowest BCUT2D eigenvalue weighted by Gasteiger charge is -2.45. The topological polar surface area (TPSA) is 29.5 Å². The molecule has 0 spiro atoms. The number of aliphatic hydroxyl groups excluding tert-OH is 1. The third-order valence-corrected chi connectivity index (χ3v) is 11.6.